The molecule has 0 radical (unpaired) electrons. The van der Waals surface area contributed by atoms with Crippen molar-refractivity contribution >= 4 is 10.9 Å². The van der Waals surface area contributed by atoms with Crippen LogP contribution >= 0.6 is 0 Å². The molecule has 0 bridgehead atoms. The number of nitrogens with zero attached hydrogens (tertiary/aromatic N) is 4. The fourth-order valence-electron chi connectivity index (χ4n) is 3.38. The molecular formula is C21H24N4O5. The Morgan fingerprint density at radius 2 is 1.97 bits per heavy atom. The lowest BCUT2D eigenvalue weighted by molar-refractivity contribution is 0.0166. The van der Waals surface area contributed by atoms with E-state index in [0.717, 1.165) is 13.1 Å². The first-order valence-corrected chi connectivity index (χ1v) is 9.75. The maximum atomic E-state index is 13.4. The lowest BCUT2D eigenvalue weighted by Crippen LogP contribution is -2.40. The summed E-state index contributed by atoms with van der Waals surface area (Å²) in [7, 11) is 3.06. The summed E-state index contributed by atoms with van der Waals surface area (Å²) < 4.78 is 17.3. The van der Waals surface area contributed by atoms with Gasteiger partial charge in [0.2, 0.25) is 0 Å². The van der Waals surface area contributed by atoms with E-state index in [9.17, 15) is 4.79 Å². The van der Waals surface area contributed by atoms with E-state index in [0.29, 0.717) is 60.3 Å². The first-order chi connectivity index (χ1) is 14.7. The van der Waals surface area contributed by atoms with Crippen molar-refractivity contribution in [2.75, 3.05) is 53.7 Å². The minimum absolute atomic E-state index is 0.323. The van der Waals surface area contributed by atoms with Gasteiger partial charge in [0.25, 0.3) is 5.56 Å². The normalized spacial score (nSPS) is 14.6. The molecule has 0 spiro atoms. The fraction of sp³-hybridized carbons (Fsp3) is 0.381. The van der Waals surface area contributed by atoms with Crippen LogP contribution in [0.4, 0.5) is 0 Å². The van der Waals surface area contributed by atoms with Crippen LogP contribution in [0.3, 0.4) is 0 Å². The second-order valence-electron chi connectivity index (χ2n) is 6.76. The highest BCUT2D eigenvalue weighted by Gasteiger charge is 2.20. The molecule has 3 heterocycles. The van der Waals surface area contributed by atoms with Crippen molar-refractivity contribution in [1.82, 2.24) is 19.6 Å². The minimum Gasteiger partial charge on any atom is -0.497 e. The van der Waals surface area contributed by atoms with E-state index < -0.39 is 0 Å². The first kappa shape index (κ1) is 20.1. The van der Waals surface area contributed by atoms with Crippen LogP contribution in [0.1, 0.15) is 0 Å². The fourth-order valence-corrected chi connectivity index (χ4v) is 3.38. The highest BCUT2D eigenvalue weighted by Crippen LogP contribution is 2.29. The molecule has 0 saturated carbocycles. The number of hydrogen-bond acceptors (Lipinski definition) is 8. The molecule has 0 aliphatic carbocycles. The molecule has 1 aliphatic rings. The number of aromatic nitrogens is 3. The zero-order valence-corrected chi connectivity index (χ0v) is 17.0. The van der Waals surface area contributed by atoms with Crippen LogP contribution in [0.5, 0.6) is 11.5 Å². The quantitative estimate of drug-likeness (QED) is 0.573. The van der Waals surface area contributed by atoms with Gasteiger partial charge < -0.3 is 19.0 Å². The van der Waals surface area contributed by atoms with E-state index in [1.54, 1.807) is 37.6 Å². The number of benzene rings is 1. The second kappa shape index (κ2) is 9.10. The number of methoxy groups -OCH3 is 2. The molecule has 1 aliphatic heterocycles. The third kappa shape index (κ3) is 4.07. The summed E-state index contributed by atoms with van der Waals surface area (Å²) in [5, 5.41) is 0.323. The average Bonchev–Trinajstić information content (AvgIpc) is 2.80. The van der Waals surface area contributed by atoms with Crippen LogP contribution in [-0.4, -0.2) is 73.3 Å². The van der Waals surface area contributed by atoms with E-state index in [1.807, 2.05) is 6.07 Å². The monoisotopic (exact) mass is 412 g/mol. The molecule has 9 heteroatoms. The molecule has 0 N–H and O–H groups in total. The number of morpholine rings is 1. The van der Waals surface area contributed by atoms with Crippen molar-refractivity contribution < 1.29 is 19.0 Å². The van der Waals surface area contributed by atoms with Gasteiger partial charge in [0.1, 0.15) is 29.2 Å². The highest BCUT2D eigenvalue weighted by molar-refractivity contribution is 5.87. The van der Waals surface area contributed by atoms with Crippen LogP contribution in [0.15, 0.2) is 41.3 Å². The van der Waals surface area contributed by atoms with Gasteiger partial charge in [0.15, 0.2) is 5.82 Å². The van der Waals surface area contributed by atoms with E-state index >= 15 is 0 Å². The molecule has 1 saturated heterocycles. The summed E-state index contributed by atoms with van der Waals surface area (Å²) in [6.07, 6.45) is 1.65. The Balaban J connectivity index is 1.77. The number of rotatable bonds is 7. The van der Waals surface area contributed by atoms with E-state index in [2.05, 4.69) is 14.9 Å². The lowest BCUT2D eigenvalue weighted by atomic mass is 10.2. The van der Waals surface area contributed by atoms with Gasteiger partial charge in [-0.15, -0.1) is 4.73 Å². The Hall–Kier alpha value is -3.17. The highest BCUT2D eigenvalue weighted by atomic mass is 16.7. The summed E-state index contributed by atoms with van der Waals surface area (Å²) in [6, 6.07) is 8.78. The van der Waals surface area contributed by atoms with Gasteiger partial charge in [-0.2, -0.15) is 0 Å². The van der Waals surface area contributed by atoms with Crippen molar-refractivity contribution in [3.8, 4) is 23.0 Å². The van der Waals surface area contributed by atoms with Gasteiger partial charge in [-0.25, -0.2) is 4.98 Å². The summed E-state index contributed by atoms with van der Waals surface area (Å²) in [6.45, 7) is 4.09. The van der Waals surface area contributed by atoms with Crippen LogP contribution < -0.4 is 19.9 Å². The molecule has 1 fully saturated rings. The van der Waals surface area contributed by atoms with Crippen LogP contribution in [-0.2, 0) is 4.74 Å². The molecule has 0 atom stereocenters. The minimum atomic E-state index is -0.359. The van der Waals surface area contributed by atoms with Gasteiger partial charge in [-0.05, 0) is 12.1 Å². The molecule has 9 nitrogen and oxygen atoms in total. The molecular weight excluding hydrogens is 388 g/mol. The topological polar surface area (TPSA) is 87.9 Å². The Bertz CT molecular complexity index is 1060. The Morgan fingerprint density at radius 3 is 2.67 bits per heavy atom. The van der Waals surface area contributed by atoms with Crippen molar-refractivity contribution in [2.24, 2.45) is 0 Å². The summed E-state index contributed by atoms with van der Waals surface area (Å²) in [4.78, 5) is 30.6. The predicted molar refractivity (Wildman–Crippen MR) is 111 cm³/mol. The zero-order chi connectivity index (χ0) is 20.9. The summed E-state index contributed by atoms with van der Waals surface area (Å²) >= 11 is 0. The predicted octanol–water partition coefficient (Wildman–Crippen LogP) is 1.24. The number of pyridine rings is 1. The van der Waals surface area contributed by atoms with Crippen molar-refractivity contribution in [1.29, 1.82) is 0 Å². The SMILES string of the molecule is COc1cc(OC)c2c(=O)n(OCCN3CCOCC3)c(-c3ccccn3)nc2c1. The third-order valence-electron chi connectivity index (χ3n) is 4.95. The molecule has 0 amide bonds. The Kier molecular flexibility index (Phi) is 6.10. The van der Waals surface area contributed by atoms with Crippen LogP contribution in [0.2, 0.25) is 0 Å². The average molecular weight is 412 g/mol. The number of hydrogen-bond donors (Lipinski definition) is 0. The molecule has 30 heavy (non-hydrogen) atoms. The standard InChI is InChI=1S/C21H24N4O5/c1-27-15-13-17-19(18(14-15)28-2)21(26)25(20(23-17)16-5-3-4-6-22-16)30-12-9-24-7-10-29-11-8-24/h3-6,13-14H,7-12H2,1-2H3. The van der Waals surface area contributed by atoms with Crippen molar-refractivity contribution in [2.45, 2.75) is 0 Å². The third-order valence-corrected chi connectivity index (χ3v) is 4.95. The lowest BCUT2D eigenvalue weighted by Gasteiger charge is -2.26. The van der Waals surface area contributed by atoms with Crippen molar-refractivity contribution in [3.63, 3.8) is 0 Å². The smallest absolute Gasteiger partial charge is 0.298 e. The Labute approximate surface area is 173 Å². The maximum absolute atomic E-state index is 13.4. The molecule has 3 aromatic rings. The van der Waals surface area contributed by atoms with Crippen LogP contribution in [0, 0.1) is 0 Å². The van der Waals surface area contributed by atoms with Crippen molar-refractivity contribution in [3.05, 3.63) is 46.9 Å². The van der Waals surface area contributed by atoms with Crippen LogP contribution in [0.25, 0.3) is 22.4 Å². The van der Waals surface area contributed by atoms with E-state index in [-0.39, 0.29) is 5.56 Å². The summed E-state index contributed by atoms with van der Waals surface area (Å²) in [5.74, 6) is 1.24. The van der Waals surface area contributed by atoms with Gasteiger partial charge in [-0.1, -0.05) is 6.07 Å². The largest absolute Gasteiger partial charge is 0.497 e. The zero-order valence-electron chi connectivity index (χ0n) is 17.0. The van der Waals surface area contributed by atoms with E-state index in [4.69, 9.17) is 19.0 Å². The van der Waals surface area contributed by atoms with Gasteiger partial charge >= 0.3 is 0 Å². The molecule has 2 aromatic heterocycles. The van der Waals surface area contributed by atoms with Gasteiger partial charge in [-0.3, -0.25) is 14.7 Å². The summed E-state index contributed by atoms with van der Waals surface area (Å²) in [5.41, 5.74) is 0.622. The molecule has 158 valence electrons. The van der Waals surface area contributed by atoms with E-state index in [1.165, 1.54) is 11.8 Å². The number of fused-ring (bicyclic) bond motifs is 1. The second-order valence-corrected chi connectivity index (χ2v) is 6.76. The first-order valence-electron chi connectivity index (χ1n) is 9.75. The molecule has 0 unspecified atom stereocenters. The van der Waals surface area contributed by atoms with Gasteiger partial charge in [0.05, 0.1) is 33.0 Å². The molecule has 4 rings (SSSR count). The Morgan fingerprint density at radius 1 is 1.13 bits per heavy atom. The maximum Gasteiger partial charge on any atom is 0.298 e. The van der Waals surface area contributed by atoms with Gasteiger partial charge in [0, 0.05) is 38.0 Å². The molecule has 1 aromatic carbocycles. The number of ether oxygens (including phenoxy) is 3.